The van der Waals surface area contributed by atoms with Crippen LogP contribution >= 0.6 is 0 Å². The fourth-order valence-electron chi connectivity index (χ4n) is 4.84. The molecule has 2 atom stereocenters. The topological polar surface area (TPSA) is 132 Å². The Labute approximate surface area is 208 Å². The summed E-state index contributed by atoms with van der Waals surface area (Å²) in [7, 11) is 0. The molecule has 0 bridgehead atoms. The van der Waals surface area contributed by atoms with Gasteiger partial charge >= 0.3 is 0 Å². The van der Waals surface area contributed by atoms with E-state index in [1.54, 1.807) is 4.52 Å². The Balaban J connectivity index is 1.19. The highest BCUT2D eigenvalue weighted by Gasteiger charge is 2.34. The molecule has 3 aromatic heterocycles. The van der Waals surface area contributed by atoms with Gasteiger partial charge < -0.3 is 20.9 Å². The second-order valence-electron chi connectivity index (χ2n) is 9.61. The molecule has 0 aromatic carbocycles. The molecule has 3 aliphatic rings. The fraction of sp³-hybridized carbons (Fsp3) is 0.400. The van der Waals surface area contributed by atoms with E-state index in [1.165, 1.54) is 19.8 Å². The van der Waals surface area contributed by atoms with Crippen molar-refractivity contribution >= 4 is 34.9 Å². The molecular formula is C25H29N9O2. The van der Waals surface area contributed by atoms with Crippen LogP contribution in [-0.4, -0.2) is 55.2 Å². The number of allylic oxidation sites excluding steroid dienone is 1. The van der Waals surface area contributed by atoms with Crippen LogP contribution in [0.3, 0.4) is 0 Å². The van der Waals surface area contributed by atoms with E-state index in [-0.39, 0.29) is 23.9 Å². The van der Waals surface area contributed by atoms with Crippen LogP contribution in [0.4, 0.5) is 17.6 Å². The molecule has 36 heavy (non-hydrogen) atoms. The number of carbonyl (C=O) groups is 2. The minimum atomic E-state index is -0.355. The number of anilines is 3. The van der Waals surface area contributed by atoms with E-state index < -0.39 is 0 Å². The summed E-state index contributed by atoms with van der Waals surface area (Å²) in [5, 5.41) is 21.4. The average Bonchev–Trinajstić information content (AvgIpc) is 3.25. The van der Waals surface area contributed by atoms with E-state index in [9.17, 15) is 9.59 Å². The van der Waals surface area contributed by atoms with Gasteiger partial charge in [0, 0.05) is 43.0 Å². The van der Waals surface area contributed by atoms with E-state index in [4.69, 9.17) is 10.1 Å². The molecular weight excluding hydrogens is 458 g/mol. The third kappa shape index (κ3) is 4.56. The Bertz CT molecular complexity index is 1370. The zero-order chi connectivity index (χ0) is 24.6. The van der Waals surface area contributed by atoms with Gasteiger partial charge in [0.2, 0.25) is 17.8 Å². The van der Waals surface area contributed by atoms with Crippen molar-refractivity contribution in [2.75, 3.05) is 16.8 Å². The maximum Gasteiger partial charge on any atom is 0.246 e. The molecule has 1 aliphatic heterocycles. The number of aromatic amines is 1. The number of hydrogen-bond acceptors (Lipinski definition) is 7. The number of H-pyrrole nitrogens is 1. The lowest BCUT2D eigenvalue weighted by atomic mass is 10.1. The highest BCUT2D eigenvalue weighted by atomic mass is 16.2. The maximum atomic E-state index is 13.2. The molecule has 0 spiro atoms. The lowest BCUT2D eigenvalue weighted by molar-refractivity contribution is -0.122. The van der Waals surface area contributed by atoms with Gasteiger partial charge in [-0.3, -0.25) is 14.7 Å². The monoisotopic (exact) mass is 487 g/mol. The number of nitrogens with one attached hydrogen (secondary N) is 4. The minimum absolute atomic E-state index is 0.0504. The van der Waals surface area contributed by atoms with Crippen LogP contribution in [0.2, 0.25) is 0 Å². The van der Waals surface area contributed by atoms with Crippen molar-refractivity contribution < 1.29 is 9.59 Å². The molecule has 0 radical (unpaired) electrons. The summed E-state index contributed by atoms with van der Waals surface area (Å²) in [6.07, 6.45) is 12.2. The molecule has 4 heterocycles. The second-order valence-corrected chi connectivity index (χ2v) is 9.61. The quantitative estimate of drug-likeness (QED) is 0.403. The summed E-state index contributed by atoms with van der Waals surface area (Å²) in [6.45, 7) is 2.18. The van der Waals surface area contributed by atoms with E-state index in [2.05, 4.69) is 26.1 Å². The zero-order valence-corrected chi connectivity index (χ0v) is 20.1. The summed E-state index contributed by atoms with van der Waals surface area (Å²) in [6, 6.07) is 5.43. The van der Waals surface area contributed by atoms with Crippen LogP contribution in [0.25, 0.3) is 5.52 Å². The SMILES string of the molecule is CC(=O)NC1=CCC(NC(=O)C2CCCN2c2nc(Nc3cc(C4CC4)[nH]n3)c3cccn3n2)C=C1. The largest absolute Gasteiger partial charge is 0.348 e. The van der Waals surface area contributed by atoms with Crippen LogP contribution in [0, 0.1) is 0 Å². The molecule has 1 saturated heterocycles. The van der Waals surface area contributed by atoms with Gasteiger partial charge in [0.1, 0.15) is 11.6 Å². The van der Waals surface area contributed by atoms with Gasteiger partial charge in [0.15, 0.2) is 11.6 Å². The van der Waals surface area contributed by atoms with Crippen LogP contribution in [0.5, 0.6) is 0 Å². The van der Waals surface area contributed by atoms with Gasteiger partial charge in [-0.05, 0) is 50.3 Å². The Morgan fingerprint density at radius 2 is 2.11 bits per heavy atom. The van der Waals surface area contributed by atoms with Crippen molar-refractivity contribution in [3.05, 3.63) is 54.0 Å². The van der Waals surface area contributed by atoms with Gasteiger partial charge in [0.25, 0.3) is 0 Å². The van der Waals surface area contributed by atoms with Crippen LogP contribution < -0.4 is 20.9 Å². The summed E-state index contributed by atoms with van der Waals surface area (Å²) in [5.41, 5.74) is 2.74. The Morgan fingerprint density at radius 3 is 2.89 bits per heavy atom. The first-order chi connectivity index (χ1) is 17.5. The summed E-state index contributed by atoms with van der Waals surface area (Å²) in [5.74, 6) is 2.29. The van der Waals surface area contributed by atoms with Crippen molar-refractivity contribution in [2.45, 2.75) is 57.0 Å². The number of fused-ring (bicyclic) bond motifs is 1. The van der Waals surface area contributed by atoms with Crippen molar-refractivity contribution in [3.63, 3.8) is 0 Å². The van der Waals surface area contributed by atoms with Gasteiger partial charge in [0.05, 0.1) is 6.04 Å². The zero-order valence-electron chi connectivity index (χ0n) is 20.1. The predicted molar refractivity (Wildman–Crippen MR) is 135 cm³/mol. The van der Waals surface area contributed by atoms with E-state index in [0.717, 1.165) is 35.6 Å². The second kappa shape index (κ2) is 9.14. The number of amides is 2. The summed E-state index contributed by atoms with van der Waals surface area (Å²) >= 11 is 0. The molecule has 2 unspecified atom stereocenters. The van der Waals surface area contributed by atoms with Gasteiger partial charge in [-0.2, -0.15) is 10.1 Å². The molecule has 11 nitrogen and oxygen atoms in total. The molecule has 11 heteroatoms. The molecule has 1 saturated carbocycles. The molecule has 2 fully saturated rings. The number of hydrogen-bond donors (Lipinski definition) is 4. The highest BCUT2D eigenvalue weighted by Crippen LogP contribution is 2.39. The van der Waals surface area contributed by atoms with Gasteiger partial charge in [-0.15, -0.1) is 5.10 Å². The Morgan fingerprint density at radius 1 is 1.22 bits per heavy atom. The first-order valence-electron chi connectivity index (χ1n) is 12.4. The molecule has 6 rings (SSSR count). The predicted octanol–water partition coefficient (Wildman–Crippen LogP) is 2.51. The van der Waals surface area contributed by atoms with E-state index >= 15 is 0 Å². The molecule has 3 aromatic rings. The smallest absolute Gasteiger partial charge is 0.246 e. The third-order valence-electron chi connectivity index (χ3n) is 6.80. The van der Waals surface area contributed by atoms with E-state index in [0.29, 0.717) is 30.6 Å². The van der Waals surface area contributed by atoms with Crippen molar-refractivity contribution in [1.82, 2.24) is 35.4 Å². The molecule has 2 aliphatic carbocycles. The van der Waals surface area contributed by atoms with E-state index in [1.807, 2.05) is 47.5 Å². The van der Waals surface area contributed by atoms with Crippen LogP contribution in [-0.2, 0) is 9.59 Å². The van der Waals surface area contributed by atoms with Gasteiger partial charge in [-0.1, -0.05) is 12.2 Å². The number of aromatic nitrogens is 5. The molecule has 186 valence electrons. The number of nitrogens with zero attached hydrogens (tertiary/aromatic N) is 5. The first kappa shape index (κ1) is 22.3. The lowest BCUT2D eigenvalue weighted by Crippen LogP contribution is -2.47. The number of rotatable bonds is 7. The normalized spacial score (nSPS) is 21.5. The summed E-state index contributed by atoms with van der Waals surface area (Å²) in [4.78, 5) is 31.3. The van der Waals surface area contributed by atoms with Crippen molar-refractivity contribution in [3.8, 4) is 0 Å². The highest BCUT2D eigenvalue weighted by molar-refractivity contribution is 5.86. The molecule has 2 amide bonds. The fourth-order valence-corrected chi connectivity index (χ4v) is 4.84. The van der Waals surface area contributed by atoms with Gasteiger partial charge in [-0.25, -0.2) is 4.52 Å². The van der Waals surface area contributed by atoms with Crippen LogP contribution in [0.15, 0.2) is 48.3 Å². The van der Waals surface area contributed by atoms with Crippen molar-refractivity contribution in [1.29, 1.82) is 0 Å². The maximum absolute atomic E-state index is 13.2. The Hall–Kier alpha value is -4.15. The standard InChI is InChI=1S/C25H29N9O2/c1-15(35)26-17-8-10-18(11-9-17)27-24(36)21-5-2-12-33(21)25-29-23(20-4-3-13-34(20)32-25)28-22-14-19(30-31-22)16-6-7-16/h3-4,8-10,13-14,16,18,21H,2,5-7,11-12H2,1H3,(H,26,35)(H,27,36)(H2,28,29,30,31,32). The first-order valence-corrected chi connectivity index (χ1v) is 12.4. The summed E-state index contributed by atoms with van der Waals surface area (Å²) < 4.78 is 1.78. The minimum Gasteiger partial charge on any atom is -0.348 e. The number of carbonyl (C=O) groups excluding carboxylic acids is 2. The molecule has 4 N–H and O–H groups in total. The van der Waals surface area contributed by atoms with Crippen molar-refractivity contribution in [2.24, 2.45) is 0 Å². The lowest BCUT2D eigenvalue weighted by Gasteiger charge is -2.26. The average molecular weight is 488 g/mol. The van der Waals surface area contributed by atoms with Crippen LogP contribution in [0.1, 0.15) is 50.6 Å². The Kier molecular flexibility index (Phi) is 5.67. The third-order valence-corrected chi connectivity index (χ3v) is 6.80.